The van der Waals surface area contributed by atoms with Crippen molar-refractivity contribution in [2.45, 2.75) is 53.5 Å². The molecule has 34 heavy (non-hydrogen) atoms. The molecule has 0 bridgehead atoms. The fraction of sp³-hybridized carbons (Fsp3) is 0.321. The van der Waals surface area contributed by atoms with Crippen molar-refractivity contribution < 1.29 is 9.59 Å². The normalized spacial score (nSPS) is 18.7. The van der Waals surface area contributed by atoms with E-state index in [0.717, 1.165) is 40.1 Å². The number of rotatable bonds is 3. The van der Waals surface area contributed by atoms with Crippen LogP contribution in [-0.4, -0.2) is 21.5 Å². The van der Waals surface area contributed by atoms with Gasteiger partial charge in [0.25, 0.3) is 5.91 Å². The molecule has 2 heterocycles. The average Bonchev–Trinajstić information content (AvgIpc) is 3.18. The van der Waals surface area contributed by atoms with E-state index in [1.165, 1.54) is 5.56 Å². The highest BCUT2D eigenvalue weighted by atomic mass is 16.1. The van der Waals surface area contributed by atoms with Crippen LogP contribution in [0.2, 0.25) is 0 Å². The molecule has 0 unspecified atom stereocenters. The lowest BCUT2D eigenvalue weighted by molar-refractivity contribution is -0.118. The molecule has 1 aliphatic carbocycles. The van der Waals surface area contributed by atoms with E-state index in [0.29, 0.717) is 17.8 Å². The van der Waals surface area contributed by atoms with Crippen molar-refractivity contribution in [1.29, 1.82) is 0 Å². The Balaban J connectivity index is 1.58. The molecule has 6 nitrogen and oxygen atoms in total. The zero-order valence-electron chi connectivity index (χ0n) is 20.3. The number of aromatic nitrogens is 2. The first-order valence-electron chi connectivity index (χ1n) is 11.7. The molecule has 0 saturated carbocycles. The van der Waals surface area contributed by atoms with Gasteiger partial charge in [0.15, 0.2) is 5.78 Å². The third-order valence-corrected chi connectivity index (χ3v) is 6.91. The standard InChI is InChI=1S/C28H30N4O2/c1-16-6-9-19(10-7-16)25-24-22(13-28(4,5)14-23(24)33)31-26-21(15-29-32(25)26)27(34)30-20-11-8-17(2)18(3)12-20/h6-12,15,25,31H,13-14H2,1-5H3,(H,30,34)/t25-/m1/s1. The van der Waals surface area contributed by atoms with Crippen molar-refractivity contribution in [2.75, 3.05) is 10.6 Å². The lowest BCUT2D eigenvalue weighted by Gasteiger charge is -2.39. The van der Waals surface area contributed by atoms with Gasteiger partial charge in [-0.1, -0.05) is 49.7 Å². The maximum atomic E-state index is 13.3. The highest BCUT2D eigenvalue weighted by Gasteiger charge is 2.42. The number of hydrogen-bond donors (Lipinski definition) is 2. The van der Waals surface area contributed by atoms with Gasteiger partial charge in [0, 0.05) is 23.4 Å². The van der Waals surface area contributed by atoms with Gasteiger partial charge in [0.05, 0.1) is 6.20 Å². The third kappa shape index (κ3) is 3.83. The van der Waals surface area contributed by atoms with Gasteiger partial charge in [-0.2, -0.15) is 5.10 Å². The number of carbonyl (C=O) groups excluding carboxylic acids is 2. The van der Waals surface area contributed by atoms with Gasteiger partial charge in [0.1, 0.15) is 17.4 Å². The zero-order chi connectivity index (χ0) is 24.2. The quantitative estimate of drug-likeness (QED) is 0.531. The number of nitrogens with one attached hydrogen (secondary N) is 2. The maximum absolute atomic E-state index is 13.3. The van der Waals surface area contributed by atoms with Gasteiger partial charge < -0.3 is 10.6 Å². The van der Waals surface area contributed by atoms with Crippen LogP contribution >= 0.6 is 0 Å². The first-order valence-corrected chi connectivity index (χ1v) is 11.7. The Morgan fingerprint density at radius 1 is 1.06 bits per heavy atom. The van der Waals surface area contributed by atoms with Gasteiger partial charge in [-0.3, -0.25) is 9.59 Å². The average molecular weight is 455 g/mol. The molecular weight excluding hydrogens is 424 g/mol. The van der Waals surface area contributed by atoms with E-state index in [1.54, 1.807) is 10.9 Å². The van der Waals surface area contributed by atoms with Crippen molar-refractivity contribution >= 4 is 23.2 Å². The van der Waals surface area contributed by atoms with Crippen LogP contribution in [0.1, 0.15) is 65.3 Å². The monoisotopic (exact) mass is 454 g/mol. The van der Waals surface area contributed by atoms with Gasteiger partial charge in [-0.15, -0.1) is 0 Å². The van der Waals surface area contributed by atoms with Crippen molar-refractivity contribution in [3.05, 3.63) is 87.7 Å². The van der Waals surface area contributed by atoms with Crippen LogP contribution in [-0.2, 0) is 4.79 Å². The molecule has 3 aromatic rings. The maximum Gasteiger partial charge on any atom is 0.261 e. The number of allylic oxidation sites excluding steroid dienone is 2. The molecule has 2 N–H and O–H groups in total. The summed E-state index contributed by atoms with van der Waals surface area (Å²) in [6, 6.07) is 13.7. The van der Waals surface area contributed by atoms with Crippen molar-refractivity contribution in [2.24, 2.45) is 5.41 Å². The zero-order valence-corrected chi connectivity index (χ0v) is 20.3. The molecule has 1 aliphatic heterocycles. The first kappa shape index (κ1) is 22.1. The molecule has 1 aromatic heterocycles. The minimum Gasteiger partial charge on any atom is -0.343 e. The van der Waals surface area contributed by atoms with E-state index in [4.69, 9.17) is 0 Å². The predicted molar refractivity (Wildman–Crippen MR) is 134 cm³/mol. The Morgan fingerprint density at radius 2 is 1.79 bits per heavy atom. The number of fused-ring (bicyclic) bond motifs is 1. The van der Waals surface area contributed by atoms with E-state index in [1.807, 2.05) is 63.2 Å². The molecule has 2 aromatic carbocycles. The second-order valence-corrected chi connectivity index (χ2v) is 10.4. The van der Waals surface area contributed by atoms with Gasteiger partial charge >= 0.3 is 0 Å². The summed E-state index contributed by atoms with van der Waals surface area (Å²) >= 11 is 0. The molecule has 0 spiro atoms. The predicted octanol–water partition coefficient (Wildman–Crippen LogP) is 5.72. The van der Waals surface area contributed by atoms with Crippen LogP contribution in [0.15, 0.2) is 59.9 Å². The largest absolute Gasteiger partial charge is 0.343 e. The van der Waals surface area contributed by atoms with Gasteiger partial charge in [0.2, 0.25) is 0 Å². The summed E-state index contributed by atoms with van der Waals surface area (Å²) in [5.74, 6) is 0.521. The van der Waals surface area contributed by atoms with Gasteiger partial charge in [-0.25, -0.2) is 4.68 Å². The van der Waals surface area contributed by atoms with E-state index in [9.17, 15) is 9.59 Å². The fourth-order valence-corrected chi connectivity index (χ4v) is 4.95. The number of anilines is 2. The SMILES string of the molecule is Cc1ccc([C@@H]2C3=C(CC(C)(C)CC3=O)Nc3c(C(=O)Nc4ccc(C)c(C)c4)cnn32)cc1. The number of amides is 1. The Bertz CT molecular complexity index is 1350. The highest BCUT2D eigenvalue weighted by molar-refractivity contribution is 6.08. The number of Topliss-reactive ketones (excluding diaryl/α,β-unsaturated/α-hetero) is 1. The molecule has 1 amide bonds. The van der Waals surface area contributed by atoms with E-state index >= 15 is 0 Å². The summed E-state index contributed by atoms with van der Waals surface area (Å²) in [5.41, 5.74) is 7.11. The number of aryl methyl sites for hydroxylation is 3. The smallest absolute Gasteiger partial charge is 0.261 e. The van der Waals surface area contributed by atoms with E-state index in [-0.39, 0.29) is 23.1 Å². The van der Waals surface area contributed by atoms with Gasteiger partial charge in [-0.05, 0) is 61.4 Å². The fourth-order valence-electron chi connectivity index (χ4n) is 4.95. The molecule has 6 heteroatoms. The lowest BCUT2D eigenvalue weighted by Crippen LogP contribution is -2.37. The molecular formula is C28H30N4O2. The first-order chi connectivity index (χ1) is 16.1. The Labute approximate surface area is 200 Å². The summed E-state index contributed by atoms with van der Waals surface area (Å²) in [6.07, 6.45) is 2.82. The number of nitrogens with zero attached hydrogens (tertiary/aromatic N) is 2. The molecule has 0 radical (unpaired) electrons. The third-order valence-electron chi connectivity index (χ3n) is 6.91. The minimum atomic E-state index is -0.362. The van der Waals surface area contributed by atoms with E-state index < -0.39 is 0 Å². The molecule has 1 atom stereocenters. The van der Waals surface area contributed by atoms with E-state index in [2.05, 4.69) is 29.6 Å². The Morgan fingerprint density at radius 3 is 2.50 bits per heavy atom. The lowest BCUT2D eigenvalue weighted by atomic mass is 9.73. The van der Waals surface area contributed by atoms with Crippen LogP contribution in [0.3, 0.4) is 0 Å². The number of hydrogen-bond acceptors (Lipinski definition) is 4. The second kappa shape index (κ2) is 7.97. The molecule has 5 rings (SSSR count). The second-order valence-electron chi connectivity index (χ2n) is 10.4. The minimum absolute atomic E-state index is 0.131. The van der Waals surface area contributed by atoms with Crippen LogP contribution in [0.5, 0.6) is 0 Å². The summed E-state index contributed by atoms with van der Waals surface area (Å²) in [4.78, 5) is 26.6. The van der Waals surface area contributed by atoms with Crippen LogP contribution in [0.25, 0.3) is 0 Å². The topological polar surface area (TPSA) is 76.0 Å². The number of carbonyl (C=O) groups is 2. The molecule has 0 fully saturated rings. The van der Waals surface area contributed by atoms with Crippen LogP contribution < -0.4 is 10.6 Å². The number of ketones is 1. The molecule has 2 aliphatic rings. The van der Waals surface area contributed by atoms with Crippen molar-refractivity contribution in [3.63, 3.8) is 0 Å². The summed E-state index contributed by atoms with van der Waals surface area (Å²) in [5, 5.41) is 11.0. The van der Waals surface area contributed by atoms with Crippen LogP contribution in [0.4, 0.5) is 11.5 Å². The highest BCUT2D eigenvalue weighted by Crippen LogP contribution is 2.46. The molecule has 174 valence electrons. The Hall–Kier alpha value is -3.67. The van der Waals surface area contributed by atoms with Crippen molar-refractivity contribution in [3.8, 4) is 0 Å². The summed E-state index contributed by atoms with van der Waals surface area (Å²) < 4.78 is 1.79. The summed E-state index contributed by atoms with van der Waals surface area (Å²) in [6.45, 7) is 10.3. The summed E-state index contributed by atoms with van der Waals surface area (Å²) in [7, 11) is 0. The van der Waals surface area contributed by atoms with Crippen molar-refractivity contribution in [1.82, 2.24) is 9.78 Å². The Kier molecular flexibility index (Phi) is 5.19. The molecule has 0 saturated heterocycles. The number of benzene rings is 2. The van der Waals surface area contributed by atoms with Crippen LogP contribution in [0, 0.1) is 26.2 Å².